The Morgan fingerprint density at radius 3 is 1.47 bits per heavy atom. The Bertz CT molecular complexity index is 1220. The van der Waals surface area contributed by atoms with Gasteiger partial charge >= 0.3 is 0 Å². The van der Waals surface area contributed by atoms with Gasteiger partial charge in [-0.15, -0.1) is 0 Å². The molecule has 2 unspecified atom stereocenters. The zero-order chi connectivity index (χ0) is 25.8. The number of hydrogen-bond donors (Lipinski definition) is 0. The first kappa shape index (κ1) is 25.8. The molecule has 36 heavy (non-hydrogen) atoms. The van der Waals surface area contributed by atoms with E-state index in [1.165, 1.54) is 0 Å². The van der Waals surface area contributed by atoms with Crippen LogP contribution in [0.5, 0.6) is 11.5 Å². The van der Waals surface area contributed by atoms with Gasteiger partial charge in [0.25, 0.3) is 5.78 Å². The molecule has 192 valence electrons. The summed E-state index contributed by atoms with van der Waals surface area (Å²) in [4.78, 5) is 17.8. The number of carbonyl (C=O) groups excluding carboxylic acids is 1. The Kier molecular flexibility index (Phi) is 8.01. The number of ether oxygens (including phenoxy) is 2. The lowest BCUT2D eigenvalue weighted by atomic mass is 10.2. The van der Waals surface area contributed by atoms with Crippen LogP contribution >= 0.6 is 0 Å². The second-order valence-corrected chi connectivity index (χ2v) is 8.78. The zero-order valence-corrected chi connectivity index (χ0v) is 22.0. The van der Waals surface area contributed by atoms with Gasteiger partial charge in [-0.1, -0.05) is 52.0 Å². The molecule has 7 heteroatoms. The van der Waals surface area contributed by atoms with Crippen molar-refractivity contribution in [1.29, 1.82) is 0 Å². The van der Waals surface area contributed by atoms with Crippen molar-refractivity contribution in [3.8, 4) is 11.5 Å². The van der Waals surface area contributed by atoms with E-state index in [1.807, 2.05) is 50.2 Å². The van der Waals surface area contributed by atoms with Crippen LogP contribution in [0.2, 0.25) is 0 Å². The molecule has 0 fully saturated rings. The summed E-state index contributed by atoms with van der Waals surface area (Å²) < 4.78 is 24.4. The van der Waals surface area contributed by atoms with E-state index >= 15 is 0 Å². The standard InChI is InChI=1S/C29H36N2O5/c1-7-30(8-2)19(5)33-23-15-11-13-21-17-25(35-28(21)23)27(32)26-18-22-14-12-16-24(29(22)36-26)34-20(6)31(9-3)10-4/h11-20H,7-10H2,1-6H3. The first-order chi connectivity index (χ1) is 17.4. The van der Waals surface area contributed by atoms with Crippen LogP contribution in [-0.2, 0) is 0 Å². The van der Waals surface area contributed by atoms with Crippen LogP contribution in [0.25, 0.3) is 21.9 Å². The lowest BCUT2D eigenvalue weighted by Crippen LogP contribution is -2.36. The number of nitrogens with zero attached hydrogens (tertiary/aromatic N) is 2. The fourth-order valence-electron chi connectivity index (χ4n) is 4.60. The van der Waals surface area contributed by atoms with E-state index in [0.29, 0.717) is 22.7 Å². The van der Waals surface area contributed by atoms with Gasteiger partial charge in [0.05, 0.1) is 0 Å². The second kappa shape index (κ2) is 11.2. The molecular formula is C29H36N2O5. The fourth-order valence-corrected chi connectivity index (χ4v) is 4.60. The number of ketones is 1. The second-order valence-electron chi connectivity index (χ2n) is 8.78. The molecule has 7 nitrogen and oxygen atoms in total. The Labute approximate surface area is 212 Å². The summed E-state index contributed by atoms with van der Waals surface area (Å²) in [5.74, 6) is 1.30. The third-order valence-corrected chi connectivity index (χ3v) is 6.71. The Morgan fingerprint density at radius 2 is 1.11 bits per heavy atom. The molecule has 0 amide bonds. The highest BCUT2D eigenvalue weighted by Crippen LogP contribution is 2.34. The molecule has 0 N–H and O–H groups in total. The summed E-state index contributed by atoms with van der Waals surface area (Å²) in [6.07, 6.45) is -0.246. The summed E-state index contributed by atoms with van der Waals surface area (Å²) in [5, 5.41) is 1.60. The van der Waals surface area contributed by atoms with Gasteiger partial charge in [-0.3, -0.25) is 14.6 Å². The van der Waals surface area contributed by atoms with E-state index in [9.17, 15) is 4.79 Å². The normalized spacial score (nSPS) is 13.6. The summed E-state index contributed by atoms with van der Waals surface area (Å²) in [6.45, 7) is 15.9. The van der Waals surface area contributed by atoms with E-state index in [1.54, 1.807) is 12.1 Å². The molecule has 0 saturated carbocycles. The van der Waals surface area contributed by atoms with E-state index in [0.717, 1.165) is 37.0 Å². The van der Waals surface area contributed by atoms with Gasteiger partial charge in [0.2, 0.25) is 0 Å². The van der Waals surface area contributed by atoms with E-state index in [2.05, 4.69) is 37.5 Å². The summed E-state index contributed by atoms with van der Waals surface area (Å²) in [6, 6.07) is 14.8. The van der Waals surface area contributed by atoms with Crippen LogP contribution in [0.15, 0.2) is 57.4 Å². The van der Waals surface area contributed by atoms with Crippen molar-refractivity contribution >= 4 is 27.7 Å². The first-order valence-corrected chi connectivity index (χ1v) is 12.8. The Hall–Kier alpha value is -3.29. The Balaban J connectivity index is 1.62. The Morgan fingerprint density at radius 1 is 0.722 bits per heavy atom. The predicted octanol–water partition coefficient (Wildman–Crippen LogP) is 6.54. The van der Waals surface area contributed by atoms with Crippen LogP contribution < -0.4 is 9.47 Å². The lowest BCUT2D eigenvalue weighted by molar-refractivity contribution is 0.0484. The number of rotatable bonds is 12. The molecule has 2 heterocycles. The van der Waals surface area contributed by atoms with Gasteiger partial charge < -0.3 is 18.3 Å². The molecule has 2 aromatic heterocycles. The summed E-state index contributed by atoms with van der Waals surface area (Å²) >= 11 is 0. The number of carbonyl (C=O) groups is 1. The SMILES string of the molecule is CCN(CC)C(C)Oc1cccc2cc(C(=O)c3cc4cccc(OC(C)N(CC)CC)c4o3)oc12. The predicted molar refractivity (Wildman–Crippen MR) is 142 cm³/mol. The maximum absolute atomic E-state index is 13.4. The number of furan rings is 2. The van der Waals surface area contributed by atoms with Gasteiger partial charge in [-0.2, -0.15) is 0 Å². The lowest BCUT2D eigenvalue weighted by Gasteiger charge is -2.26. The smallest absolute Gasteiger partial charge is 0.263 e. The monoisotopic (exact) mass is 492 g/mol. The maximum Gasteiger partial charge on any atom is 0.263 e. The number of hydrogen-bond acceptors (Lipinski definition) is 7. The fraction of sp³-hybridized carbons (Fsp3) is 0.414. The molecule has 0 aliphatic heterocycles. The van der Waals surface area contributed by atoms with Crippen LogP contribution in [0.4, 0.5) is 0 Å². The van der Waals surface area contributed by atoms with Crippen LogP contribution in [0.1, 0.15) is 57.9 Å². The van der Waals surface area contributed by atoms with Crippen LogP contribution in [-0.4, -0.2) is 54.2 Å². The number of benzene rings is 2. The summed E-state index contributed by atoms with van der Waals surface area (Å²) in [5.41, 5.74) is 1.10. The highest BCUT2D eigenvalue weighted by Gasteiger charge is 2.23. The van der Waals surface area contributed by atoms with Gasteiger partial charge in [0.1, 0.15) is 12.5 Å². The zero-order valence-electron chi connectivity index (χ0n) is 22.0. The average molecular weight is 493 g/mol. The van der Waals surface area contributed by atoms with Gasteiger partial charge in [0, 0.05) is 10.8 Å². The minimum absolute atomic E-state index is 0.123. The van der Waals surface area contributed by atoms with Crippen molar-refractivity contribution in [2.45, 2.75) is 54.0 Å². The molecule has 0 aliphatic rings. The van der Waals surface area contributed by atoms with E-state index in [-0.39, 0.29) is 29.8 Å². The van der Waals surface area contributed by atoms with Crippen molar-refractivity contribution in [2.75, 3.05) is 26.2 Å². The minimum Gasteiger partial charge on any atom is -0.471 e. The number of para-hydroxylation sites is 2. The van der Waals surface area contributed by atoms with Crippen molar-refractivity contribution in [2.24, 2.45) is 0 Å². The van der Waals surface area contributed by atoms with Crippen LogP contribution in [0.3, 0.4) is 0 Å². The molecule has 2 aromatic carbocycles. The molecule has 0 aliphatic carbocycles. The van der Waals surface area contributed by atoms with Gasteiger partial charge in [0.15, 0.2) is 34.2 Å². The molecule has 0 saturated heterocycles. The first-order valence-electron chi connectivity index (χ1n) is 12.8. The highest BCUT2D eigenvalue weighted by molar-refractivity contribution is 6.09. The largest absolute Gasteiger partial charge is 0.471 e. The average Bonchev–Trinajstić information content (AvgIpc) is 3.51. The third-order valence-electron chi connectivity index (χ3n) is 6.71. The van der Waals surface area contributed by atoms with Crippen molar-refractivity contribution in [3.05, 3.63) is 60.1 Å². The molecule has 4 aromatic rings. The van der Waals surface area contributed by atoms with Crippen molar-refractivity contribution in [1.82, 2.24) is 9.80 Å². The highest BCUT2D eigenvalue weighted by atomic mass is 16.5. The summed E-state index contributed by atoms with van der Waals surface area (Å²) in [7, 11) is 0. The van der Waals surface area contributed by atoms with E-state index < -0.39 is 0 Å². The molecule has 0 radical (unpaired) electrons. The molecule has 4 rings (SSSR count). The van der Waals surface area contributed by atoms with Crippen LogP contribution in [0, 0.1) is 0 Å². The third kappa shape index (κ3) is 5.13. The maximum atomic E-state index is 13.4. The van der Waals surface area contributed by atoms with E-state index in [4.69, 9.17) is 18.3 Å². The molecule has 0 spiro atoms. The van der Waals surface area contributed by atoms with Crippen molar-refractivity contribution in [3.63, 3.8) is 0 Å². The molecule has 0 bridgehead atoms. The van der Waals surface area contributed by atoms with Gasteiger partial charge in [-0.25, -0.2) is 0 Å². The quantitative estimate of drug-likeness (QED) is 0.164. The van der Waals surface area contributed by atoms with Crippen molar-refractivity contribution < 1.29 is 23.1 Å². The molecule has 2 atom stereocenters. The van der Waals surface area contributed by atoms with Gasteiger partial charge in [-0.05, 0) is 64.3 Å². The topological polar surface area (TPSA) is 68.3 Å². The minimum atomic E-state index is -0.326. The number of fused-ring (bicyclic) bond motifs is 2. The molecular weight excluding hydrogens is 456 g/mol.